The number of rotatable bonds is 1. The maximum atomic E-state index is 11.1. The van der Waals surface area contributed by atoms with Crippen LogP contribution in [0.15, 0.2) is 0 Å². The fourth-order valence-electron chi connectivity index (χ4n) is 2.93. The Kier molecular flexibility index (Phi) is 2.75. The van der Waals surface area contributed by atoms with Gasteiger partial charge in [0.1, 0.15) is 0 Å². The van der Waals surface area contributed by atoms with E-state index in [1.165, 1.54) is 5.01 Å². The third kappa shape index (κ3) is 1.73. The normalized spacial score (nSPS) is 34.2. The molecule has 6 heteroatoms. The van der Waals surface area contributed by atoms with Crippen molar-refractivity contribution < 1.29 is 19.8 Å². The largest absolute Gasteiger partial charge is 0.481 e. The fourth-order valence-corrected chi connectivity index (χ4v) is 2.93. The zero-order valence-electron chi connectivity index (χ0n) is 8.98. The Bertz CT molecular complexity index is 320. The Balaban J connectivity index is 2.17. The number of aliphatic carboxylic acids is 1. The molecule has 1 amide bonds. The minimum Gasteiger partial charge on any atom is -0.481 e. The predicted molar refractivity (Wildman–Crippen MR) is 54.8 cm³/mol. The van der Waals surface area contributed by atoms with E-state index in [2.05, 4.69) is 5.43 Å². The summed E-state index contributed by atoms with van der Waals surface area (Å²) in [5.41, 5.74) is 2.32. The Morgan fingerprint density at radius 3 is 2.69 bits per heavy atom. The molecule has 90 valence electrons. The second kappa shape index (κ2) is 3.93. The van der Waals surface area contributed by atoms with E-state index in [1.807, 2.05) is 0 Å². The monoisotopic (exact) mass is 228 g/mol. The van der Waals surface area contributed by atoms with Gasteiger partial charge in [-0.3, -0.25) is 4.79 Å². The number of hydrogen-bond acceptors (Lipinski definition) is 3. The summed E-state index contributed by atoms with van der Waals surface area (Å²) in [7, 11) is 0. The lowest BCUT2D eigenvalue weighted by molar-refractivity contribution is -0.144. The molecule has 6 nitrogen and oxygen atoms in total. The van der Waals surface area contributed by atoms with Crippen LogP contribution in [-0.4, -0.2) is 39.4 Å². The molecule has 2 aliphatic rings. The van der Waals surface area contributed by atoms with Crippen molar-refractivity contribution in [1.29, 1.82) is 0 Å². The molecule has 1 aliphatic carbocycles. The minimum absolute atomic E-state index is 0.407. The molecule has 1 spiro atoms. The Hall–Kier alpha value is -1.30. The zero-order valence-corrected chi connectivity index (χ0v) is 8.98. The van der Waals surface area contributed by atoms with Crippen LogP contribution in [0.3, 0.4) is 0 Å². The standard InChI is InChI=1S/C10H16N2O4/c13-8(14)7-2-1-3-10(6-7)4-5-11-12(10)9(15)16/h7,11H,1-6H2,(H,13,14)(H,15,16). The van der Waals surface area contributed by atoms with E-state index < -0.39 is 23.5 Å². The molecular formula is C10H16N2O4. The molecule has 1 saturated heterocycles. The quantitative estimate of drug-likeness (QED) is 0.620. The van der Waals surface area contributed by atoms with Crippen LogP contribution in [0.4, 0.5) is 4.79 Å². The van der Waals surface area contributed by atoms with Gasteiger partial charge < -0.3 is 10.2 Å². The van der Waals surface area contributed by atoms with E-state index >= 15 is 0 Å². The number of carbonyl (C=O) groups is 2. The number of nitrogens with one attached hydrogen (secondary N) is 1. The molecule has 1 saturated carbocycles. The molecule has 0 aromatic heterocycles. The van der Waals surface area contributed by atoms with Gasteiger partial charge in [-0.2, -0.15) is 0 Å². The number of amides is 1. The van der Waals surface area contributed by atoms with Crippen molar-refractivity contribution in [2.75, 3.05) is 6.54 Å². The lowest BCUT2D eigenvalue weighted by Crippen LogP contribution is -2.53. The van der Waals surface area contributed by atoms with Gasteiger partial charge in [0.05, 0.1) is 11.5 Å². The van der Waals surface area contributed by atoms with Gasteiger partial charge in [-0.05, 0) is 25.7 Å². The average Bonchev–Trinajstić information content (AvgIpc) is 2.61. The highest BCUT2D eigenvalue weighted by molar-refractivity contribution is 5.71. The van der Waals surface area contributed by atoms with E-state index in [1.54, 1.807) is 0 Å². The van der Waals surface area contributed by atoms with Crippen LogP contribution in [-0.2, 0) is 4.79 Å². The molecule has 2 rings (SSSR count). The maximum Gasteiger partial charge on any atom is 0.422 e. The molecule has 1 heterocycles. The third-order valence-corrected chi connectivity index (χ3v) is 3.70. The first-order valence-electron chi connectivity index (χ1n) is 5.55. The molecule has 0 aromatic rings. The Morgan fingerprint density at radius 1 is 1.31 bits per heavy atom. The predicted octanol–water partition coefficient (Wildman–Crippen LogP) is 0.888. The first-order chi connectivity index (χ1) is 7.55. The summed E-state index contributed by atoms with van der Waals surface area (Å²) in [6, 6.07) is 0. The molecule has 0 radical (unpaired) electrons. The smallest absolute Gasteiger partial charge is 0.422 e. The van der Waals surface area contributed by atoms with Gasteiger partial charge in [-0.15, -0.1) is 0 Å². The number of carboxylic acid groups (broad SMARTS) is 2. The van der Waals surface area contributed by atoms with Crippen LogP contribution in [0.5, 0.6) is 0 Å². The number of hydrogen-bond donors (Lipinski definition) is 3. The van der Waals surface area contributed by atoms with Gasteiger partial charge in [-0.1, -0.05) is 6.42 Å². The van der Waals surface area contributed by atoms with Crippen molar-refractivity contribution in [3.8, 4) is 0 Å². The van der Waals surface area contributed by atoms with Crippen LogP contribution in [0.25, 0.3) is 0 Å². The molecule has 1 aliphatic heterocycles. The molecule has 2 atom stereocenters. The lowest BCUT2D eigenvalue weighted by Gasteiger charge is -2.41. The zero-order chi connectivity index (χ0) is 11.8. The highest BCUT2D eigenvalue weighted by atomic mass is 16.4. The lowest BCUT2D eigenvalue weighted by atomic mass is 9.74. The Labute approximate surface area is 93.2 Å². The van der Waals surface area contributed by atoms with Gasteiger partial charge in [-0.25, -0.2) is 15.2 Å². The van der Waals surface area contributed by atoms with Gasteiger partial charge in [0, 0.05) is 6.54 Å². The summed E-state index contributed by atoms with van der Waals surface area (Å²) in [6.07, 6.45) is 2.33. The second-order valence-electron chi connectivity index (χ2n) is 4.63. The van der Waals surface area contributed by atoms with E-state index in [9.17, 15) is 9.59 Å². The van der Waals surface area contributed by atoms with Crippen LogP contribution >= 0.6 is 0 Å². The first kappa shape index (κ1) is 11.2. The summed E-state index contributed by atoms with van der Waals surface area (Å²) < 4.78 is 0. The summed E-state index contributed by atoms with van der Waals surface area (Å²) in [4.78, 5) is 22.1. The summed E-state index contributed by atoms with van der Waals surface area (Å²) in [5, 5.41) is 19.3. The highest BCUT2D eigenvalue weighted by Gasteiger charge is 2.48. The van der Waals surface area contributed by atoms with E-state index in [0.717, 1.165) is 12.8 Å². The average molecular weight is 228 g/mol. The molecular weight excluding hydrogens is 212 g/mol. The molecule has 3 N–H and O–H groups in total. The highest BCUT2D eigenvalue weighted by Crippen LogP contribution is 2.41. The molecule has 0 bridgehead atoms. The summed E-state index contributed by atoms with van der Waals surface area (Å²) in [5.74, 6) is -1.22. The van der Waals surface area contributed by atoms with Crippen molar-refractivity contribution in [2.24, 2.45) is 5.92 Å². The van der Waals surface area contributed by atoms with Crippen LogP contribution in [0.1, 0.15) is 32.1 Å². The first-order valence-corrected chi connectivity index (χ1v) is 5.55. The SMILES string of the molecule is O=C(O)C1CCCC2(CCNN2C(=O)O)C1. The topological polar surface area (TPSA) is 89.9 Å². The van der Waals surface area contributed by atoms with E-state index in [0.29, 0.717) is 25.8 Å². The fraction of sp³-hybridized carbons (Fsp3) is 0.800. The minimum atomic E-state index is -1.01. The van der Waals surface area contributed by atoms with Crippen LogP contribution < -0.4 is 5.43 Å². The van der Waals surface area contributed by atoms with E-state index in [-0.39, 0.29) is 0 Å². The summed E-state index contributed by atoms with van der Waals surface area (Å²) >= 11 is 0. The maximum absolute atomic E-state index is 11.1. The van der Waals surface area contributed by atoms with Crippen molar-refractivity contribution in [1.82, 2.24) is 10.4 Å². The van der Waals surface area contributed by atoms with Crippen LogP contribution in [0, 0.1) is 5.92 Å². The summed E-state index contributed by atoms with van der Waals surface area (Å²) in [6.45, 7) is 0.610. The van der Waals surface area contributed by atoms with Crippen molar-refractivity contribution in [2.45, 2.75) is 37.6 Å². The van der Waals surface area contributed by atoms with Gasteiger partial charge in [0.2, 0.25) is 0 Å². The molecule has 2 fully saturated rings. The molecule has 16 heavy (non-hydrogen) atoms. The third-order valence-electron chi connectivity index (χ3n) is 3.70. The Morgan fingerprint density at radius 2 is 2.06 bits per heavy atom. The number of nitrogens with zero attached hydrogens (tertiary/aromatic N) is 1. The van der Waals surface area contributed by atoms with Crippen molar-refractivity contribution in [3.63, 3.8) is 0 Å². The number of hydrazine groups is 1. The number of carboxylic acids is 1. The van der Waals surface area contributed by atoms with Gasteiger partial charge >= 0.3 is 12.1 Å². The molecule has 2 unspecified atom stereocenters. The second-order valence-corrected chi connectivity index (χ2v) is 4.63. The van der Waals surface area contributed by atoms with Crippen LogP contribution in [0.2, 0.25) is 0 Å². The molecule has 0 aromatic carbocycles. The van der Waals surface area contributed by atoms with Crippen molar-refractivity contribution >= 4 is 12.1 Å². The van der Waals surface area contributed by atoms with Gasteiger partial charge in [0.25, 0.3) is 0 Å². The van der Waals surface area contributed by atoms with Crippen molar-refractivity contribution in [3.05, 3.63) is 0 Å². The van der Waals surface area contributed by atoms with Gasteiger partial charge in [0.15, 0.2) is 0 Å². The van der Waals surface area contributed by atoms with E-state index in [4.69, 9.17) is 10.2 Å².